The van der Waals surface area contributed by atoms with Crippen molar-refractivity contribution in [3.63, 3.8) is 0 Å². The number of aryl methyl sites for hydroxylation is 1. The second kappa shape index (κ2) is 4.30. The first-order valence-electron chi connectivity index (χ1n) is 6.40. The van der Waals surface area contributed by atoms with Gasteiger partial charge in [0.2, 0.25) is 0 Å². The summed E-state index contributed by atoms with van der Waals surface area (Å²) < 4.78 is 1.29. The fourth-order valence-electron chi connectivity index (χ4n) is 2.40. The van der Waals surface area contributed by atoms with Crippen molar-refractivity contribution in [1.82, 2.24) is 4.98 Å². The molecule has 1 fully saturated rings. The summed E-state index contributed by atoms with van der Waals surface area (Å²) in [5.41, 5.74) is 2.37. The number of aromatic nitrogens is 1. The third kappa shape index (κ3) is 2.29. The highest BCUT2D eigenvalue weighted by molar-refractivity contribution is 7.18. The number of benzene rings is 1. The first-order chi connectivity index (χ1) is 8.26. The second-order valence-corrected chi connectivity index (χ2v) is 6.15. The molecule has 1 aliphatic rings. The summed E-state index contributed by atoms with van der Waals surface area (Å²) in [5, 5.41) is 4.82. The Morgan fingerprint density at radius 2 is 2.29 bits per heavy atom. The quantitative estimate of drug-likeness (QED) is 0.874. The topological polar surface area (TPSA) is 24.9 Å². The molecule has 1 saturated carbocycles. The monoisotopic (exact) mass is 246 g/mol. The summed E-state index contributed by atoms with van der Waals surface area (Å²) in [7, 11) is 0. The van der Waals surface area contributed by atoms with E-state index in [9.17, 15) is 0 Å². The fourth-order valence-corrected chi connectivity index (χ4v) is 3.26. The van der Waals surface area contributed by atoms with Gasteiger partial charge in [-0.15, -0.1) is 11.3 Å². The lowest BCUT2D eigenvalue weighted by atomic mass is 10.1. The lowest BCUT2D eigenvalue weighted by molar-refractivity contribution is 0.617. The van der Waals surface area contributed by atoms with Gasteiger partial charge in [-0.2, -0.15) is 0 Å². The van der Waals surface area contributed by atoms with Crippen molar-refractivity contribution < 1.29 is 0 Å². The molecule has 1 unspecified atom stereocenters. The molecule has 1 aliphatic carbocycles. The van der Waals surface area contributed by atoms with Gasteiger partial charge in [-0.25, -0.2) is 4.98 Å². The van der Waals surface area contributed by atoms with Crippen LogP contribution in [0.25, 0.3) is 10.2 Å². The van der Waals surface area contributed by atoms with E-state index in [0.29, 0.717) is 6.04 Å². The van der Waals surface area contributed by atoms with Crippen LogP contribution < -0.4 is 5.32 Å². The predicted molar refractivity (Wildman–Crippen MR) is 74.8 cm³/mol. The Kier molecular flexibility index (Phi) is 2.79. The van der Waals surface area contributed by atoms with Crippen molar-refractivity contribution >= 4 is 27.2 Å². The zero-order chi connectivity index (χ0) is 11.8. The molecule has 3 heteroatoms. The largest absolute Gasteiger partial charge is 0.382 e. The Bertz CT molecular complexity index is 528. The van der Waals surface area contributed by atoms with Gasteiger partial charge >= 0.3 is 0 Å². The minimum atomic E-state index is 0.654. The molecule has 3 rings (SSSR count). The number of nitrogens with zero attached hydrogens (tertiary/aromatic N) is 1. The van der Waals surface area contributed by atoms with E-state index >= 15 is 0 Å². The molecule has 1 atom stereocenters. The summed E-state index contributed by atoms with van der Waals surface area (Å²) in [4.78, 5) is 4.49. The van der Waals surface area contributed by atoms with Gasteiger partial charge < -0.3 is 5.32 Å². The van der Waals surface area contributed by atoms with Gasteiger partial charge in [0.15, 0.2) is 0 Å². The number of fused-ring (bicyclic) bond motifs is 1. The summed E-state index contributed by atoms with van der Waals surface area (Å²) >= 11 is 1.77. The van der Waals surface area contributed by atoms with Crippen LogP contribution in [-0.2, 0) is 0 Å². The first kappa shape index (κ1) is 11.0. The Balaban J connectivity index is 1.84. The summed E-state index contributed by atoms with van der Waals surface area (Å²) in [5.74, 6) is 0.902. The van der Waals surface area contributed by atoms with Crippen LogP contribution in [-0.4, -0.2) is 11.0 Å². The standard InChI is InChI=1S/C14H18N2S/c1-3-12(10-4-5-10)16-11-6-7-13-14(8-11)17-9(2)15-13/h6-8,10,12,16H,3-5H2,1-2H3. The lowest BCUT2D eigenvalue weighted by Crippen LogP contribution is -2.20. The van der Waals surface area contributed by atoms with Crippen molar-refractivity contribution in [1.29, 1.82) is 0 Å². The Hall–Kier alpha value is -1.09. The van der Waals surface area contributed by atoms with Gasteiger partial charge in [-0.1, -0.05) is 6.92 Å². The number of anilines is 1. The molecule has 1 N–H and O–H groups in total. The van der Waals surface area contributed by atoms with Crippen LogP contribution in [0, 0.1) is 12.8 Å². The molecule has 0 amide bonds. The van der Waals surface area contributed by atoms with Crippen LogP contribution in [0.3, 0.4) is 0 Å². The molecule has 0 spiro atoms. The number of thiazole rings is 1. The Labute approximate surface area is 106 Å². The zero-order valence-corrected chi connectivity index (χ0v) is 11.2. The lowest BCUT2D eigenvalue weighted by Gasteiger charge is -2.17. The average Bonchev–Trinajstić information content (AvgIpc) is 3.08. The van der Waals surface area contributed by atoms with E-state index in [2.05, 4.69) is 42.3 Å². The molecule has 0 bridgehead atoms. The van der Waals surface area contributed by atoms with Gasteiger partial charge in [0.05, 0.1) is 15.2 Å². The van der Waals surface area contributed by atoms with Crippen molar-refractivity contribution in [2.45, 2.75) is 39.2 Å². The average molecular weight is 246 g/mol. The fraction of sp³-hybridized carbons (Fsp3) is 0.500. The van der Waals surface area contributed by atoms with E-state index in [0.717, 1.165) is 16.4 Å². The van der Waals surface area contributed by atoms with E-state index < -0.39 is 0 Å². The van der Waals surface area contributed by atoms with E-state index in [1.807, 2.05) is 0 Å². The minimum absolute atomic E-state index is 0.654. The molecule has 0 aliphatic heterocycles. The highest BCUT2D eigenvalue weighted by Crippen LogP contribution is 2.36. The predicted octanol–water partition coefficient (Wildman–Crippen LogP) is 4.21. The van der Waals surface area contributed by atoms with E-state index in [1.165, 1.54) is 29.6 Å². The molecule has 1 heterocycles. The highest BCUT2D eigenvalue weighted by atomic mass is 32.1. The second-order valence-electron chi connectivity index (χ2n) is 4.91. The molecule has 2 nitrogen and oxygen atoms in total. The maximum absolute atomic E-state index is 4.49. The molecule has 0 radical (unpaired) electrons. The van der Waals surface area contributed by atoms with Crippen LogP contribution in [0.2, 0.25) is 0 Å². The molecular weight excluding hydrogens is 228 g/mol. The Morgan fingerprint density at radius 1 is 1.47 bits per heavy atom. The number of hydrogen-bond acceptors (Lipinski definition) is 3. The van der Waals surface area contributed by atoms with Crippen LogP contribution in [0.4, 0.5) is 5.69 Å². The van der Waals surface area contributed by atoms with Crippen molar-refractivity contribution in [2.75, 3.05) is 5.32 Å². The summed E-state index contributed by atoms with van der Waals surface area (Å²) in [6, 6.07) is 7.18. The van der Waals surface area contributed by atoms with Crippen molar-refractivity contribution in [3.05, 3.63) is 23.2 Å². The van der Waals surface area contributed by atoms with Crippen molar-refractivity contribution in [3.8, 4) is 0 Å². The normalized spacial score (nSPS) is 17.3. The summed E-state index contributed by atoms with van der Waals surface area (Å²) in [6.07, 6.45) is 4.01. The highest BCUT2D eigenvalue weighted by Gasteiger charge is 2.29. The van der Waals surface area contributed by atoms with Gasteiger partial charge in [-0.3, -0.25) is 0 Å². The smallest absolute Gasteiger partial charge is 0.0907 e. The SMILES string of the molecule is CCC(Nc1ccc2nc(C)sc2c1)C1CC1. The number of hydrogen-bond donors (Lipinski definition) is 1. The van der Waals surface area contributed by atoms with Gasteiger partial charge in [-0.05, 0) is 50.3 Å². The van der Waals surface area contributed by atoms with Gasteiger partial charge in [0.1, 0.15) is 0 Å². The molecule has 90 valence electrons. The minimum Gasteiger partial charge on any atom is -0.382 e. The molecule has 1 aromatic carbocycles. The maximum atomic E-state index is 4.49. The van der Waals surface area contributed by atoms with Crippen LogP contribution in [0.15, 0.2) is 18.2 Å². The van der Waals surface area contributed by atoms with Crippen molar-refractivity contribution in [2.24, 2.45) is 5.92 Å². The van der Waals surface area contributed by atoms with Crippen LogP contribution in [0.1, 0.15) is 31.2 Å². The van der Waals surface area contributed by atoms with Gasteiger partial charge in [0.25, 0.3) is 0 Å². The van der Waals surface area contributed by atoms with E-state index in [4.69, 9.17) is 0 Å². The molecular formula is C14H18N2S. The van der Waals surface area contributed by atoms with E-state index in [-0.39, 0.29) is 0 Å². The first-order valence-corrected chi connectivity index (χ1v) is 7.21. The third-order valence-electron chi connectivity index (χ3n) is 3.48. The number of rotatable bonds is 4. The van der Waals surface area contributed by atoms with Crippen LogP contribution in [0.5, 0.6) is 0 Å². The van der Waals surface area contributed by atoms with Gasteiger partial charge in [0, 0.05) is 11.7 Å². The summed E-state index contributed by atoms with van der Waals surface area (Å²) in [6.45, 7) is 4.34. The molecule has 0 saturated heterocycles. The Morgan fingerprint density at radius 3 is 3.00 bits per heavy atom. The molecule has 2 aromatic rings. The van der Waals surface area contributed by atoms with E-state index in [1.54, 1.807) is 11.3 Å². The number of nitrogens with one attached hydrogen (secondary N) is 1. The molecule has 17 heavy (non-hydrogen) atoms. The zero-order valence-electron chi connectivity index (χ0n) is 10.4. The third-order valence-corrected chi connectivity index (χ3v) is 4.41. The van der Waals surface area contributed by atoms with Crippen LogP contribution >= 0.6 is 11.3 Å². The maximum Gasteiger partial charge on any atom is 0.0907 e. The molecule has 1 aromatic heterocycles.